The fourth-order valence-electron chi connectivity index (χ4n) is 2.11. The fraction of sp³-hybridized carbons (Fsp3) is 0.400. The number of rotatable bonds is 6. The van der Waals surface area contributed by atoms with E-state index in [1.54, 1.807) is 0 Å². The number of nitrogens with zero attached hydrogens (tertiary/aromatic N) is 2. The van der Waals surface area contributed by atoms with Crippen LogP contribution in [-0.2, 0) is 20.1 Å². The minimum atomic E-state index is 0.693. The molecule has 1 N–H and O–H groups in total. The van der Waals surface area contributed by atoms with E-state index >= 15 is 0 Å². The zero-order chi connectivity index (χ0) is 14.5. The van der Waals surface area contributed by atoms with E-state index in [4.69, 9.17) is 4.74 Å². The number of benzene rings is 1. The average molecular weight is 338 g/mol. The van der Waals surface area contributed by atoms with E-state index in [9.17, 15) is 0 Å². The Balaban J connectivity index is 1.94. The quantitative estimate of drug-likeness (QED) is 0.879. The third kappa shape index (κ3) is 3.61. The Morgan fingerprint density at radius 3 is 2.80 bits per heavy atom. The molecule has 1 aromatic carbocycles. The second-order valence-corrected chi connectivity index (χ2v) is 5.45. The maximum Gasteiger partial charge on any atom is 0.119 e. The molecule has 0 aliphatic heterocycles. The summed E-state index contributed by atoms with van der Waals surface area (Å²) in [6, 6.07) is 8.17. The van der Waals surface area contributed by atoms with Gasteiger partial charge in [0.25, 0.3) is 0 Å². The third-order valence-electron chi connectivity index (χ3n) is 3.09. The van der Waals surface area contributed by atoms with E-state index in [2.05, 4.69) is 38.5 Å². The highest BCUT2D eigenvalue weighted by Gasteiger charge is 2.09. The van der Waals surface area contributed by atoms with Crippen molar-refractivity contribution in [1.82, 2.24) is 15.1 Å². The summed E-state index contributed by atoms with van der Waals surface area (Å²) in [5.41, 5.74) is 3.39. The number of aromatic nitrogens is 2. The molecule has 0 aliphatic rings. The van der Waals surface area contributed by atoms with Crippen LogP contribution in [-0.4, -0.2) is 16.4 Å². The van der Waals surface area contributed by atoms with Gasteiger partial charge in [0.2, 0.25) is 0 Å². The van der Waals surface area contributed by atoms with Crippen molar-refractivity contribution >= 4 is 15.9 Å². The highest BCUT2D eigenvalue weighted by Crippen LogP contribution is 2.20. The molecule has 4 nitrogen and oxygen atoms in total. The first-order valence-electron chi connectivity index (χ1n) is 6.72. The van der Waals surface area contributed by atoms with Crippen molar-refractivity contribution < 1.29 is 4.74 Å². The molecule has 0 saturated carbocycles. The van der Waals surface area contributed by atoms with Crippen LogP contribution in [0.2, 0.25) is 0 Å². The van der Waals surface area contributed by atoms with Crippen molar-refractivity contribution in [2.24, 2.45) is 7.05 Å². The molecule has 0 bridgehead atoms. The molecular weight excluding hydrogens is 318 g/mol. The normalized spacial score (nSPS) is 10.8. The third-order valence-corrected chi connectivity index (χ3v) is 4.12. The summed E-state index contributed by atoms with van der Waals surface area (Å²) in [5.74, 6) is 0.921. The van der Waals surface area contributed by atoms with Gasteiger partial charge in [-0.05, 0) is 47.5 Å². The van der Waals surface area contributed by atoms with Crippen molar-refractivity contribution in [3.63, 3.8) is 0 Å². The maximum atomic E-state index is 5.50. The van der Waals surface area contributed by atoms with Crippen LogP contribution < -0.4 is 10.1 Å². The van der Waals surface area contributed by atoms with Crippen LogP contribution in [0.15, 0.2) is 28.7 Å². The summed E-state index contributed by atoms with van der Waals surface area (Å²) in [6.45, 7) is 6.26. The van der Waals surface area contributed by atoms with Gasteiger partial charge >= 0.3 is 0 Å². The number of halogens is 1. The highest BCUT2D eigenvalue weighted by molar-refractivity contribution is 9.10. The van der Waals surface area contributed by atoms with Crippen molar-refractivity contribution in [2.75, 3.05) is 6.61 Å². The molecule has 108 valence electrons. The number of ether oxygens (including phenoxy) is 1. The second-order valence-electron chi connectivity index (χ2n) is 4.65. The Labute approximate surface area is 128 Å². The van der Waals surface area contributed by atoms with Gasteiger partial charge in [0.15, 0.2) is 0 Å². The van der Waals surface area contributed by atoms with E-state index in [1.807, 2.05) is 37.7 Å². The maximum absolute atomic E-state index is 5.50. The number of hydrogen-bond donors (Lipinski definition) is 1. The minimum Gasteiger partial charge on any atom is -0.494 e. The first kappa shape index (κ1) is 15.1. The molecule has 2 rings (SSSR count). The first-order chi connectivity index (χ1) is 9.61. The number of nitrogens with one attached hydrogen (secondary N) is 1. The van der Waals surface area contributed by atoms with E-state index in [-0.39, 0.29) is 0 Å². The lowest BCUT2D eigenvalue weighted by Gasteiger charge is -2.08. The molecule has 0 unspecified atom stereocenters. The molecule has 0 spiro atoms. The lowest BCUT2D eigenvalue weighted by Crippen LogP contribution is -2.15. The minimum absolute atomic E-state index is 0.693. The van der Waals surface area contributed by atoms with Gasteiger partial charge in [-0.3, -0.25) is 4.68 Å². The fourth-order valence-corrected chi connectivity index (χ4v) is 2.59. The average Bonchev–Trinajstić information content (AvgIpc) is 2.66. The molecule has 1 heterocycles. The second kappa shape index (κ2) is 6.90. The van der Waals surface area contributed by atoms with E-state index in [0.717, 1.165) is 34.7 Å². The lowest BCUT2D eigenvalue weighted by atomic mass is 10.2. The zero-order valence-corrected chi connectivity index (χ0v) is 13.7. The van der Waals surface area contributed by atoms with E-state index in [0.29, 0.717) is 6.61 Å². The monoisotopic (exact) mass is 337 g/mol. The largest absolute Gasteiger partial charge is 0.494 e. The van der Waals surface area contributed by atoms with Crippen LogP contribution in [0.5, 0.6) is 5.75 Å². The molecule has 1 aromatic heterocycles. The standard InChI is InChI=1S/C15H20BrN3O/c1-4-20-13-7-5-6-12(8-13)9-17-10-14-15(16)11(2)18-19(14)3/h5-8,17H,4,9-10H2,1-3H3. The number of hydrogen-bond acceptors (Lipinski definition) is 3. The van der Waals surface area contributed by atoms with Gasteiger partial charge in [-0.2, -0.15) is 5.10 Å². The summed E-state index contributed by atoms with van der Waals surface area (Å²) < 4.78 is 8.49. The van der Waals surface area contributed by atoms with E-state index in [1.165, 1.54) is 5.56 Å². The predicted molar refractivity (Wildman–Crippen MR) is 83.8 cm³/mol. The van der Waals surface area contributed by atoms with Crippen LogP contribution in [0.1, 0.15) is 23.9 Å². The van der Waals surface area contributed by atoms with Gasteiger partial charge < -0.3 is 10.1 Å². The molecule has 0 saturated heterocycles. The zero-order valence-electron chi connectivity index (χ0n) is 12.1. The van der Waals surface area contributed by atoms with Crippen LogP contribution >= 0.6 is 15.9 Å². The Morgan fingerprint density at radius 1 is 1.35 bits per heavy atom. The van der Waals surface area contributed by atoms with Crippen molar-refractivity contribution in [3.8, 4) is 5.75 Å². The smallest absolute Gasteiger partial charge is 0.119 e. The molecular formula is C15H20BrN3O. The Kier molecular flexibility index (Phi) is 5.20. The van der Waals surface area contributed by atoms with Gasteiger partial charge in [-0.15, -0.1) is 0 Å². The molecule has 2 aromatic rings. The van der Waals surface area contributed by atoms with Gasteiger partial charge in [0.05, 0.1) is 22.5 Å². The summed E-state index contributed by atoms with van der Waals surface area (Å²) >= 11 is 3.58. The molecule has 0 radical (unpaired) electrons. The van der Waals surface area contributed by atoms with Gasteiger partial charge in [0.1, 0.15) is 5.75 Å². The van der Waals surface area contributed by atoms with Crippen molar-refractivity contribution in [1.29, 1.82) is 0 Å². The van der Waals surface area contributed by atoms with E-state index < -0.39 is 0 Å². The summed E-state index contributed by atoms with van der Waals surface area (Å²) in [5, 5.41) is 7.82. The number of aryl methyl sites for hydroxylation is 2. The highest BCUT2D eigenvalue weighted by atomic mass is 79.9. The van der Waals surface area contributed by atoms with Crippen LogP contribution in [0.4, 0.5) is 0 Å². The molecule has 0 aliphatic carbocycles. The van der Waals surface area contributed by atoms with Crippen molar-refractivity contribution in [3.05, 3.63) is 45.7 Å². The molecule has 0 fully saturated rings. The molecule has 0 atom stereocenters. The van der Waals surface area contributed by atoms with Crippen LogP contribution in [0.25, 0.3) is 0 Å². The predicted octanol–water partition coefficient (Wildman–Crippen LogP) is 3.18. The Bertz CT molecular complexity index is 580. The van der Waals surface area contributed by atoms with Gasteiger partial charge in [0, 0.05) is 20.1 Å². The SMILES string of the molecule is CCOc1cccc(CNCc2c(Br)c(C)nn2C)c1. The van der Waals surface area contributed by atoms with Gasteiger partial charge in [-0.25, -0.2) is 0 Å². The lowest BCUT2D eigenvalue weighted by molar-refractivity contribution is 0.340. The molecule has 20 heavy (non-hydrogen) atoms. The molecule has 0 amide bonds. The Hall–Kier alpha value is -1.33. The van der Waals surface area contributed by atoms with Crippen LogP contribution in [0.3, 0.4) is 0 Å². The first-order valence-corrected chi connectivity index (χ1v) is 7.51. The van der Waals surface area contributed by atoms with Gasteiger partial charge in [-0.1, -0.05) is 12.1 Å². The molecule has 5 heteroatoms. The summed E-state index contributed by atoms with van der Waals surface area (Å²) in [4.78, 5) is 0. The van der Waals surface area contributed by atoms with Crippen LogP contribution in [0, 0.1) is 6.92 Å². The summed E-state index contributed by atoms with van der Waals surface area (Å²) in [6.07, 6.45) is 0. The Morgan fingerprint density at radius 2 is 2.15 bits per heavy atom. The summed E-state index contributed by atoms with van der Waals surface area (Å²) in [7, 11) is 1.96. The van der Waals surface area contributed by atoms with Crippen molar-refractivity contribution in [2.45, 2.75) is 26.9 Å². The topological polar surface area (TPSA) is 39.1 Å².